The molecule has 2 rings (SSSR count). The number of benzene rings is 1. The van der Waals surface area contributed by atoms with Gasteiger partial charge in [0, 0.05) is 19.2 Å². The lowest BCUT2D eigenvalue weighted by Crippen LogP contribution is -2.35. The third-order valence-electron chi connectivity index (χ3n) is 3.37. The Morgan fingerprint density at radius 1 is 1.39 bits per heavy atom. The van der Waals surface area contributed by atoms with Crippen molar-refractivity contribution in [3.05, 3.63) is 47.7 Å². The van der Waals surface area contributed by atoms with Gasteiger partial charge in [-0.2, -0.15) is 5.10 Å². The lowest BCUT2D eigenvalue weighted by Gasteiger charge is -2.18. The number of nitrogens with two attached hydrogens (primary N) is 1. The van der Waals surface area contributed by atoms with E-state index in [1.165, 1.54) is 10.9 Å². The van der Waals surface area contributed by atoms with Crippen LogP contribution in [0.3, 0.4) is 0 Å². The van der Waals surface area contributed by atoms with Gasteiger partial charge in [0.2, 0.25) is 0 Å². The monoisotopic (exact) mass is 320 g/mol. The van der Waals surface area contributed by atoms with Crippen molar-refractivity contribution in [2.45, 2.75) is 18.8 Å². The number of nitrogens with one attached hydrogen (secondary N) is 1. The molecular weight excluding hydrogens is 300 g/mol. The molecule has 124 valence electrons. The molecule has 5 N–H and O–H groups in total. The number of alkyl carbamates (subject to hydrolysis) is 1. The normalized spacial score (nSPS) is 13.3. The number of rotatable bonds is 6. The fraction of sp³-hybridized carbons (Fsp3) is 0.333. The molecule has 0 radical (unpaired) electrons. The van der Waals surface area contributed by atoms with Crippen LogP contribution in [0.25, 0.3) is 0 Å². The number of aryl methyl sites for hydroxylation is 1. The van der Waals surface area contributed by atoms with Crippen molar-refractivity contribution in [2.24, 2.45) is 7.05 Å². The Hall–Kier alpha value is -2.58. The van der Waals surface area contributed by atoms with E-state index in [1.807, 2.05) is 30.3 Å². The van der Waals surface area contributed by atoms with Crippen LogP contribution in [0, 0.1) is 0 Å². The van der Waals surface area contributed by atoms with Crippen molar-refractivity contribution in [1.29, 1.82) is 0 Å². The number of carbonyl (C=O) groups excluding carboxylic acids is 1. The van der Waals surface area contributed by atoms with Gasteiger partial charge >= 0.3 is 6.09 Å². The van der Waals surface area contributed by atoms with Gasteiger partial charge < -0.3 is 26.0 Å². The molecule has 0 fully saturated rings. The average Bonchev–Trinajstić information content (AvgIpc) is 2.90. The Morgan fingerprint density at radius 2 is 2.09 bits per heavy atom. The number of aliphatic hydroxyl groups is 2. The first-order valence-corrected chi connectivity index (χ1v) is 7.07. The Bertz CT molecular complexity index is 644. The summed E-state index contributed by atoms with van der Waals surface area (Å²) >= 11 is 0. The molecule has 8 nitrogen and oxygen atoms in total. The van der Waals surface area contributed by atoms with Gasteiger partial charge in [-0.3, -0.25) is 4.68 Å². The summed E-state index contributed by atoms with van der Waals surface area (Å²) in [5.41, 5.74) is 6.88. The van der Waals surface area contributed by atoms with E-state index in [2.05, 4.69) is 10.4 Å². The largest absolute Gasteiger partial charge is 0.445 e. The van der Waals surface area contributed by atoms with Crippen LogP contribution in [-0.4, -0.2) is 38.7 Å². The van der Waals surface area contributed by atoms with Crippen LogP contribution in [0.15, 0.2) is 36.5 Å². The number of hydrogen-bond acceptors (Lipinski definition) is 6. The summed E-state index contributed by atoms with van der Waals surface area (Å²) < 4.78 is 6.39. The van der Waals surface area contributed by atoms with E-state index in [0.717, 1.165) is 5.56 Å². The van der Waals surface area contributed by atoms with E-state index in [1.54, 1.807) is 7.05 Å². The van der Waals surface area contributed by atoms with Crippen molar-refractivity contribution in [1.82, 2.24) is 15.1 Å². The van der Waals surface area contributed by atoms with Crippen molar-refractivity contribution in [2.75, 3.05) is 12.3 Å². The van der Waals surface area contributed by atoms with Gasteiger partial charge in [-0.15, -0.1) is 0 Å². The van der Waals surface area contributed by atoms with Crippen molar-refractivity contribution in [3.8, 4) is 0 Å². The van der Waals surface area contributed by atoms with Gasteiger partial charge in [-0.25, -0.2) is 4.79 Å². The molecule has 0 aliphatic heterocycles. The van der Waals surface area contributed by atoms with Crippen molar-refractivity contribution >= 4 is 11.9 Å². The number of aromatic nitrogens is 2. The van der Waals surface area contributed by atoms with Crippen LogP contribution < -0.4 is 11.1 Å². The molecule has 23 heavy (non-hydrogen) atoms. The second-order valence-electron chi connectivity index (χ2n) is 5.06. The summed E-state index contributed by atoms with van der Waals surface area (Å²) in [6.45, 7) is -0.0516. The summed E-state index contributed by atoms with van der Waals surface area (Å²) in [6, 6.07) is 9.21. The van der Waals surface area contributed by atoms with Crippen LogP contribution >= 0.6 is 0 Å². The highest BCUT2D eigenvalue weighted by molar-refractivity contribution is 5.67. The molecule has 1 aromatic carbocycles. The second-order valence-corrected chi connectivity index (χ2v) is 5.06. The maximum absolute atomic E-state index is 11.6. The van der Waals surface area contributed by atoms with Crippen LogP contribution in [0.5, 0.6) is 0 Å². The van der Waals surface area contributed by atoms with Gasteiger partial charge in [0.05, 0.1) is 6.20 Å². The Balaban J connectivity index is 1.78. The topological polar surface area (TPSA) is 123 Å². The Kier molecular flexibility index (Phi) is 5.56. The minimum absolute atomic E-state index is 0.126. The zero-order valence-electron chi connectivity index (χ0n) is 12.7. The molecule has 0 saturated heterocycles. The molecular formula is C15H20N4O4. The highest BCUT2D eigenvalue weighted by atomic mass is 16.5. The third kappa shape index (κ3) is 4.44. The van der Waals surface area contributed by atoms with E-state index in [9.17, 15) is 15.0 Å². The van der Waals surface area contributed by atoms with Crippen LogP contribution in [0.2, 0.25) is 0 Å². The maximum Gasteiger partial charge on any atom is 0.407 e. The van der Waals surface area contributed by atoms with Crippen molar-refractivity contribution in [3.63, 3.8) is 0 Å². The Labute approximate surface area is 133 Å². The van der Waals surface area contributed by atoms with Crippen LogP contribution in [-0.2, 0) is 18.4 Å². The smallest absolute Gasteiger partial charge is 0.407 e. The molecule has 0 saturated carbocycles. The molecule has 1 aromatic heterocycles. The van der Waals surface area contributed by atoms with E-state index in [-0.39, 0.29) is 19.0 Å². The van der Waals surface area contributed by atoms with Crippen molar-refractivity contribution < 1.29 is 19.7 Å². The Morgan fingerprint density at radius 3 is 2.70 bits per heavy atom. The lowest BCUT2D eigenvalue weighted by molar-refractivity contribution is 0.0188. The molecule has 0 aliphatic carbocycles. The predicted molar refractivity (Wildman–Crippen MR) is 83.2 cm³/mol. The number of hydrogen-bond donors (Lipinski definition) is 4. The number of nitrogen functional groups attached to an aromatic ring is 1. The maximum atomic E-state index is 11.6. The molecule has 0 spiro atoms. The fourth-order valence-electron chi connectivity index (χ4n) is 1.97. The zero-order valence-corrected chi connectivity index (χ0v) is 12.7. The third-order valence-corrected chi connectivity index (χ3v) is 3.37. The van der Waals surface area contributed by atoms with Gasteiger partial charge in [-0.1, -0.05) is 30.3 Å². The van der Waals surface area contributed by atoms with E-state index in [0.29, 0.717) is 5.56 Å². The van der Waals surface area contributed by atoms with Gasteiger partial charge in [-0.05, 0) is 5.56 Å². The molecule has 2 unspecified atom stereocenters. The fourth-order valence-corrected chi connectivity index (χ4v) is 1.97. The highest BCUT2D eigenvalue weighted by Crippen LogP contribution is 2.21. The van der Waals surface area contributed by atoms with E-state index < -0.39 is 18.3 Å². The number of anilines is 1. The van der Waals surface area contributed by atoms with Crippen LogP contribution in [0.1, 0.15) is 17.2 Å². The minimum Gasteiger partial charge on any atom is -0.445 e. The summed E-state index contributed by atoms with van der Waals surface area (Å²) in [7, 11) is 1.62. The number of ether oxygens (including phenoxy) is 1. The predicted octanol–water partition coefficient (Wildman–Crippen LogP) is 0.323. The molecule has 2 aromatic rings. The van der Waals surface area contributed by atoms with Gasteiger partial charge in [0.15, 0.2) is 0 Å². The van der Waals surface area contributed by atoms with Gasteiger partial charge in [0.25, 0.3) is 0 Å². The number of carbonyl (C=O) groups is 1. The minimum atomic E-state index is -1.25. The first kappa shape index (κ1) is 16.8. The average molecular weight is 320 g/mol. The SMILES string of the molecule is Cn1ncc(C(O)C(O)CNC(=O)OCc2ccccc2)c1N. The molecule has 2 atom stereocenters. The number of amides is 1. The molecule has 1 heterocycles. The molecule has 0 bridgehead atoms. The summed E-state index contributed by atoms with van der Waals surface area (Å²) in [4.78, 5) is 11.6. The summed E-state index contributed by atoms with van der Waals surface area (Å²) in [5.74, 6) is 0.253. The van der Waals surface area contributed by atoms with Gasteiger partial charge in [0.1, 0.15) is 24.6 Å². The lowest BCUT2D eigenvalue weighted by atomic mass is 10.1. The quantitative estimate of drug-likeness (QED) is 0.608. The summed E-state index contributed by atoms with van der Waals surface area (Å²) in [6.07, 6.45) is -1.79. The summed E-state index contributed by atoms with van der Waals surface area (Å²) in [5, 5.41) is 26.2. The first-order valence-electron chi connectivity index (χ1n) is 7.07. The van der Waals surface area contributed by atoms with E-state index in [4.69, 9.17) is 10.5 Å². The molecule has 0 aliphatic rings. The standard InChI is InChI=1S/C15H20N4O4/c1-19-14(16)11(7-18-19)13(21)12(20)8-17-15(22)23-9-10-5-3-2-4-6-10/h2-7,12-13,20-21H,8-9,16H2,1H3,(H,17,22). The number of nitrogens with zero attached hydrogens (tertiary/aromatic N) is 2. The zero-order chi connectivity index (χ0) is 16.8. The second kappa shape index (κ2) is 7.61. The highest BCUT2D eigenvalue weighted by Gasteiger charge is 2.23. The van der Waals surface area contributed by atoms with Crippen LogP contribution in [0.4, 0.5) is 10.6 Å². The number of aliphatic hydroxyl groups excluding tert-OH is 2. The molecule has 1 amide bonds. The molecule has 8 heteroatoms. The first-order chi connectivity index (χ1) is 11.0. The van der Waals surface area contributed by atoms with E-state index >= 15 is 0 Å².